The predicted molar refractivity (Wildman–Crippen MR) is 64.1 cm³/mol. The standard InChI is InChI=1S/C12H17N3O3/c1-12(11(17)18)3-5-15(6-4-12)10(16)9-7-13-14(2)8-9/h7-8H,3-6H2,1-2H3,(H,17,18). The molecule has 6 heteroatoms. The van der Waals surface area contributed by atoms with E-state index >= 15 is 0 Å². The lowest BCUT2D eigenvalue weighted by Gasteiger charge is -2.36. The summed E-state index contributed by atoms with van der Waals surface area (Å²) in [6.45, 7) is 2.70. The van der Waals surface area contributed by atoms with E-state index in [1.807, 2.05) is 0 Å². The number of carbonyl (C=O) groups is 2. The normalized spacial score (nSPS) is 18.7. The van der Waals surface area contributed by atoms with Crippen molar-refractivity contribution in [2.24, 2.45) is 12.5 Å². The number of amides is 1. The average Bonchev–Trinajstić information content (AvgIpc) is 2.76. The van der Waals surface area contributed by atoms with Crippen molar-refractivity contribution in [3.05, 3.63) is 18.0 Å². The molecular formula is C12H17N3O3. The second kappa shape index (κ2) is 4.44. The van der Waals surface area contributed by atoms with Crippen molar-refractivity contribution in [3.63, 3.8) is 0 Å². The molecule has 0 aromatic carbocycles. The summed E-state index contributed by atoms with van der Waals surface area (Å²) in [4.78, 5) is 24.9. The van der Waals surface area contributed by atoms with Crippen LogP contribution in [0.4, 0.5) is 0 Å². The summed E-state index contributed by atoms with van der Waals surface area (Å²) in [5.74, 6) is -0.855. The van der Waals surface area contributed by atoms with Crippen LogP contribution in [0.15, 0.2) is 12.4 Å². The maximum atomic E-state index is 12.1. The molecule has 1 aliphatic heterocycles. The molecule has 1 aromatic rings. The summed E-state index contributed by atoms with van der Waals surface area (Å²) in [7, 11) is 1.76. The van der Waals surface area contributed by atoms with Gasteiger partial charge in [-0.2, -0.15) is 5.10 Å². The number of aryl methyl sites for hydroxylation is 1. The van der Waals surface area contributed by atoms with Crippen LogP contribution in [-0.2, 0) is 11.8 Å². The van der Waals surface area contributed by atoms with Gasteiger partial charge in [-0.3, -0.25) is 14.3 Å². The van der Waals surface area contributed by atoms with E-state index in [4.69, 9.17) is 5.11 Å². The summed E-state index contributed by atoms with van der Waals surface area (Å²) in [6, 6.07) is 0. The van der Waals surface area contributed by atoms with Crippen LogP contribution in [0.3, 0.4) is 0 Å². The van der Waals surface area contributed by atoms with Crippen LogP contribution in [0.2, 0.25) is 0 Å². The molecule has 1 saturated heterocycles. The highest BCUT2D eigenvalue weighted by atomic mass is 16.4. The summed E-state index contributed by atoms with van der Waals surface area (Å²) >= 11 is 0. The molecule has 0 saturated carbocycles. The van der Waals surface area contributed by atoms with Crippen LogP contribution >= 0.6 is 0 Å². The fourth-order valence-electron chi connectivity index (χ4n) is 2.13. The Balaban J connectivity index is 2.02. The second-order valence-corrected chi connectivity index (χ2v) is 5.06. The number of aromatic nitrogens is 2. The largest absolute Gasteiger partial charge is 0.481 e. The quantitative estimate of drug-likeness (QED) is 0.841. The van der Waals surface area contributed by atoms with Crippen molar-refractivity contribution in [2.75, 3.05) is 13.1 Å². The summed E-state index contributed by atoms with van der Waals surface area (Å²) in [5, 5.41) is 13.1. The van der Waals surface area contributed by atoms with E-state index in [1.165, 1.54) is 6.20 Å². The van der Waals surface area contributed by atoms with Gasteiger partial charge in [0.25, 0.3) is 5.91 Å². The highest BCUT2D eigenvalue weighted by Gasteiger charge is 2.38. The van der Waals surface area contributed by atoms with E-state index in [-0.39, 0.29) is 5.91 Å². The Labute approximate surface area is 105 Å². The molecule has 1 aliphatic rings. The maximum absolute atomic E-state index is 12.1. The lowest BCUT2D eigenvalue weighted by atomic mass is 9.80. The molecule has 0 radical (unpaired) electrons. The molecule has 1 amide bonds. The zero-order chi connectivity index (χ0) is 13.3. The minimum absolute atomic E-state index is 0.0736. The van der Waals surface area contributed by atoms with Crippen molar-refractivity contribution < 1.29 is 14.7 Å². The van der Waals surface area contributed by atoms with E-state index in [2.05, 4.69) is 5.10 Å². The average molecular weight is 251 g/mol. The minimum atomic E-state index is -0.782. The molecule has 18 heavy (non-hydrogen) atoms. The van der Waals surface area contributed by atoms with Crippen LogP contribution in [0, 0.1) is 5.41 Å². The Morgan fingerprint density at radius 2 is 2.00 bits per heavy atom. The van der Waals surface area contributed by atoms with Crippen LogP contribution in [0.5, 0.6) is 0 Å². The Bertz CT molecular complexity index is 473. The fourth-order valence-corrected chi connectivity index (χ4v) is 2.13. The second-order valence-electron chi connectivity index (χ2n) is 5.06. The zero-order valence-corrected chi connectivity index (χ0v) is 10.6. The first-order valence-electron chi connectivity index (χ1n) is 5.94. The van der Waals surface area contributed by atoms with E-state index < -0.39 is 11.4 Å². The zero-order valence-electron chi connectivity index (χ0n) is 10.6. The Hall–Kier alpha value is -1.85. The number of carboxylic acid groups (broad SMARTS) is 1. The molecule has 98 valence electrons. The number of hydrogen-bond acceptors (Lipinski definition) is 3. The number of carbonyl (C=O) groups excluding carboxylic acids is 1. The Morgan fingerprint density at radius 3 is 2.44 bits per heavy atom. The van der Waals surface area contributed by atoms with Gasteiger partial charge in [0.05, 0.1) is 17.2 Å². The molecule has 0 bridgehead atoms. The SMILES string of the molecule is Cn1cc(C(=O)N2CCC(C)(C(=O)O)CC2)cn1. The summed E-state index contributed by atoms with van der Waals surface area (Å²) in [6.07, 6.45) is 4.20. The molecule has 1 fully saturated rings. The van der Waals surface area contributed by atoms with Crippen molar-refractivity contribution in [2.45, 2.75) is 19.8 Å². The number of hydrogen-bond donors (Lipinski definition) is 1. The molecule has 6 nitrogen and oxygen atoms in total. The van der Waals surface area contributed by atoms with Gasteiger partial charge in [-0.25, -0.2) is 0 Å². The highest BCUT2D eigenvalue weighted by molar-refractivity contribution is 5.94. The third kappa shape index (κ3) is 2.23. The van der Waals surface area contributed by atoms with E-state index in [0.717, 1.165) is 0 Å². The third-order valence-electron chi connectivity index (χ3n) is 3.62. The van der Waals surface area contributed by atoms with E-state index in [0.29, 0.717) is 31.5 Å². The molecule has 0 aliphatic carbocycles. The van der Waals surface area contributed by atoms with Gasteiger partial charge in [0.15, 0.2) is 0 Å². The number of rotatable bonds is 2. The molecule has 1 aromatic heterocycles. The topological polar surface area (TPSA) is 75.4 Å². The summed E-state index contributed by atoms with van der Waals surface area (Å²) < 4.78 is 1.58. The minimum Gasteiger partial charge on any atom is -0.481 e. The maximum Gasteiger partial charge on any atom is 0.309 e. The monoisotopic (exact) mass is 251 g/mol. The van der Waals surface area contributed by atoms with Gasteiger partial charge in [0.2, 0.25) is 0 Å². The molecule has 1 N–H and O–H groups in total. The predicted octanol–water partition coefficient (Wildman–Crippen LogP) is 0.747. The molecule has 0 unspecified atom stereocenters. The summed E-state index contributed by atoms with van der Waals surface area (Å²) in [5.41, 5.74) is -0.150. The van der Waals surface area contributed by atoms with Crippen LogP contribution < -0.4 is 0 Å². The Kier molecular flexibility index (Phi) is 3.11. The first-order chi connectivity index (χ1) is 8.42. The Morgan fingerprint density at radius 1 is 1.39 bits per heavy atom. The van der Waals surface area contributed by atoms with Gasteiger partial charge in [0, 0.05) is 26.3 Å². The van der Waals surface area contributed by atoms with Crippen molar-refractivity contribution in [1.82, 2.24) is 14.7 Å². The van der Waals surface area contributed by atoms with Gasteiger partial charge in [0.1, 0.15) is 0 Å². The molecule has 2 heterocycles. The first kappa shape index (κ1) is 12.6. The molecule has 0 spiro atoms. The first-order valence-corrected chi connectivity index (χ1v) is 5.94. The lowest BCUT2D eigenvalue weighted by molar-refractivity contribution is -0.150. The molecule has 0 atom stereocenters. The van der Waals surface area contributed by atoms with Gasteiger partial charge < -0.3 is 10.0 Å². The lowest BCUT2D eigenvalue weighted by Crippen LogP contribution is -2.45. The van der Waals surface area contributed by atoms with Crippen molar-refractivity contribution in [1.29, 1.82) is 0 Å². The van der Waals surface area contributed by atoms with Gasteiger partial charge in [-0.05, 0) is 19.8 Å². The van der Waals surface area contributed by atoms with Crippen LogP contribution in [-0.4, -0.2) is 44.8 Å². The van der Waals surface area contributed by atoms with Gasteiger partial charge >= 0.3 is 5.97 Å². The molecule has 2 rings (SSSR count). The smallest absolute Gasteiger partial charge is 0.309 e. The van der Waals surface area contributed by atoms with Gasteiger partial charge in [-0.15, -0.1) is 0 Å². The number of piperidine rings is 1. The fraction of sp³-hybridized carbons (Fsp3) is 0.583. The van der Waals surface area contributed by atoms with Crippen molar-refractivity contribution >= 4 is 11.9 Å². The van der Waals surface area contributed by atoms with Crippen molar-refractivity contribution in [3.8, 4) is 0 Å². The van der Waals surface area contributed by atoms with E-state index in [9.17, 15) is 9.59 Å². The van der Waals surface area contributed by atoms with E-state index in [1.54, 1.807) is 29.7 Å². The number of nitrogens with zero attached hydrogens (tertiary/aromatic N) is 3. The third-order valence-corrected chi connectivity index (χ3v) is 3.62. The number of carboxylic acids is 1. The van der Waals surface area contributed by atoms with Gasteiger partial charge in [-0.1, -0.05) is 0 Å². The molecular weight excluding hydrogens is 234 g/mol. The number of likely N-dealkylation sites (tertiary alicyclic amines) is 1. The van der Waals surface area contributed by atoms with Crippen LogP contribution in [0.1, 0.15) is 30.1 Å². The highest BCUT2D eigenvalue weighted by Crippen LogP contribution is 2.31. The van der Waals surface area contributed by atoms with Crippen LogP contribution in [0.25, 0.3) is 0 Å². The number of aliphatic carboxylic acids is 1.